The molecule has 26 heavy (non-hydrogen) atoms. The Morgan fingerprint density at radius 2 is 2.19 bits per heavy atom. The standard InChI is InChI=1S/C15H15F3N4O3S/c16-15(17,18)25-8-3-4-9-11(6-8)26-14(21-9)22-12(23)7-20-13(24)10-2-1-5-19-10/h3-4,6,10,19H,1-2,5,7H2,(H,20,24)(H,21,22,23). The molecule has 11 heteroatoms. The van der Waals surface area contributed by atoms with E-state index in [0.717, 1.165) is 36.8 Å². The molecule has 1 fully saturated rings. The smallest absolute Gasteiger partial charge is 0.406 e. The molecule has 0 radical (unpaired) electrons. The van der Waals surface area contributed by atoms with Gasteiger partial charge in [0.05, 0.1) is 22.8 Å². The lowest BCUT2D eigenvalue weighted by molar-refractivity contribution is -0.274. The average Bonchev–Trinajstić information content (AvgIpc) is 3.19. The number of nitrogens with zero attached hydrogens (tertiary/aromatic N) is 1. The van der Waals surface area contributed by atoms with Crippen LogP contribution in [0.15, 0.2) is 18.2 Å². The topological polar surface area (TPSA) is 92.4 Å². The number of benzene rings is 1. The minimum Gasteiger partial charge on any atom is -0.406 e. The first kappa shape index (κ1) is 18.4. The van der Waals surface area contributed by atoms with Crippen molar-refractivity contribution < 1.29 is 27.5 Å². The number of carbonyl (C=O) groups is 2. The number of aromatic nitrogens is 1. The Morgan fingerprint density at radius 3 is 2.88 bits per heavy atom. The summed E-state index contributed by atoms with van der Waals surface area (Å²) in [6.07, 6.45) is -3.13. The van der Waals surface area contributed by atoms with Gasteiger partial charge < -0.3 is 20.7 Å². The van der Waals surface area contributed by atoms with Crippen LogP contribution < -0.4 is 20.7 Å². The molecule has 1 aromatic heterocycles. The Morgan fingerprint density at radius 1 is 1.38 bits per heavy atom. The third-order valence-electron chi connectivity index (χ3n) is 3.64. The number of hydrogen-bond donors (Lipinski definition) is 3. The first-order valence-corrected chi connectivity index (χ1v) is 8.59. The van der Waals surface area contributed by atoms with Crippen LogP contribution in [0.2, 0.25) is 0 Å². The van der Waals surface area contributed by atoms with E-state index in [9.17, 15) is 22.8 Å². The summed E-state index contributed by atoms with van der Waals surface area (Å²) in [6, 6.07) is 3.44. The number of halogens is 3. The molecule has 7 nitrogen and oxygen atoms in total. The number of nitrogens with one attached hydrogen (secondary N) is 3. The second-order valence-electron chi connectivity index (χ2n) is 5.61. The quantitative estimate of drug-likeness (QED) is 0.729. The second kappa shape index (κ2) is 7.46. The zero-order valence-corrected chi connectivity index (χ0v) is 14.2. The fourth-order valence-corrected chi connectivity index (χ4v) is 3.43. The van der Waals surface area contributed by atoms with Gasteiger partial charge in [0.2, 0.25) is 11.8 Å². The van der Waals surface area contributed by atoms with Gasteiger partial charge in [-0.1, -0.05) is 11.3 Å². The molecule has 1 saturated heterocycles. The summed E-state index contributed by atoms with van der Waals surface area (Å²) < 4.78 is 41.0. The van der Waals surface area contributed by atoms with Crippen LogP contribution >= 0.6 is 11.3 Å². The van der Waals surface area contributed by atoms with E-state index in [1.807, 2.05) is 0 Å². The van der Waals surface area contributed by atoms with Gasteiger partial charge in [0, 0.05) is 6.07 Å². The summed E-state index contributed by atoms with van der Waals surface area (Å²) in [7, 11) is 0. The van der Waals surface area contributed by atoms with Crippen molar-refractivity contribution in [3.8, 4) is 5.75 Å². The number of amides is 2. The Kier molecular flexibility index (Phi) is 5.28. The third kappa shape index (κ3) is 4.82. The van der Waals surface area contributed by atoms with Gasteiger partial charge >= 0.3 is 6.36 Å². The maximum Gasteiger partial charge on any atom is 0.573 e. The maximum atomic E-state index is 12.3. The number of thiazole rings is 1. The highest BCUT2D eigenvalue weighted by Gasteiger charge is 2.31. The van der Waals surface area contributed by atoms with Crippen LogP contribution in [0.25, 0.3) is 10.2 Å². The first-order chi connectivity index (χ1) is 12.3. The lowest BCUT2D eigenvalue weighted by atomic mass is 10.2. The number of rotatable bonds is 5. The van der Waals surface area contributed by atoms with Gasteiger partial charge in [0.1, 0.15) is 5.75 Å². The fourth-order valence-electron chi connectivity index (χ4n) is 2.52. The van der Waals surface area contributed by atoms with Gasteiger partial charge in [-0.25, -0.2) is 4.98 Å². The zero-order chi connectivity index (χ0) is 18.7. The van der Waals surface area contributed by atoms with Gasteiger partial charge in [0.15, 0.2) is 5.13 Å². The van der Waals surface area contributed by atoms with E-state index in [1.165, 1.54) is 12.1 Å². The lowest BCUT2D eigenvalue weighted by Crippen LogP contribution is -2.43. The van der Waals surface area contributed by atoms with Crippen LogP contribution in [-0.4, -0.2) is 42.3 Å². The molecule has 0 bridgehead atoms. The van der Waals surface area contributed by atoms with Crippen molar-refractivity contribution in [1.82, 2.24) is 15.6 Å². The number of alkyl halides is 3. The average molecular weight is 388 g/mol. The highest BCUT2D eigenvalue weighted by Crippen LogP contribution is 2.31. The van der Waals surface area contributed by atoms with Crippen molar-refractivity contribution in [2.45, 2.75) is 25.2 Å². The normalized spacial score (nSPS) is 17.3. The van der Waals surface area contributed by atoms with E-state index in [2.05, 4.69) is 25.7 Å². The van der Waals surface area contributed by atoms with Crippen molar-refractivity contribution in [1.29, 1.82) is 0 Å². The summed E-state index contributed by atoms with van der Waals surface area (Å²) in [4.78, 5) is 27.9. The minimum absolute atomic E-state index is 0.213. The fraction of sp³-hybridized carbons (Fsp3) is 0.400. The minimum atomic E-state index is -4.78. The third-order valence-corrected chi connectivity index (χ3v) is 4.57. The number of hydrogen-bond acceptors (Lipinski definition) is 6. The molecule has 1 aromatic carbocycles. The van der Waals surface area contributed by atoms with Gasteiger partial charge in [-0.3, -0.25) is 9.59 Å². The van der Waals surface area contributed by atoms with Crippen LogP contribution in [-0.2, 0) is 9.59 Å². The number of ether oxygens (including phenoxy) is 1. The van der Waals surface area contributed by atoms with Crippen LogP contribution in [0.4, 0.5) is 18.3 Å². The van der Waals surface area contributed by atoms with E-state index in [0.29, 0.717) is 10.2 Å². The number of anilines is 1. The highest BCUT2D eigenvalue weighted by atomic mass is 32.1. The first-order valence-electron chi connectivity index (χ1n) is 7.77. The Bertz CT molecular complexity index is 818. The van der Waals surface area contributed by atoms with Crippen molar-refractivity contribution in [3.05, 3.63) is 18.2 Å². The molecule has 2 amide bonds. The van der Waals surface area contributed by atoms with Gasteiger partial charge in [0.25, 0.3) is 0 Å². The van der Waals surface area contributed by atoms with Gasteiger partial charge in [-0.2, -0.15) is 0 Å². The van der Waals surface area contributed by atoms with E-state index < -0.39 is 12.3 Å². The molecule has 1 aliphatic heterocycles. The SMILES string of the molecule is O=C(CNC(=O)C1CCCN1)Nc1nc2ccc(OC(F)(F)F)cc2s1. The number of fused-ring (bicyclic) bond motifs is 1. The molecule has 0 aliphatic carbocycles. The second-order valence-corrected chi connectivity index (χ2v) is 6.64. The zero-order valence-electron chi connectivity index (χ0n) is 13.4. The molecular formula is C15H15F3N4O3S. The van der Waals surface area contributed by atoms with Crippen molar-refractivity contribution in [2.24, 2.45) is 0 Å². The Labute approximate surface area is 149 Å². The summed E-state index contributed by atoms with van der Waals surface area (Å²) in [5.74, 6) is -1.07. The molecule has 140 valence electrons. The summed E-state index contributed by atoms with van der Waals surface area (Å²) in [6.45, 7) is 0.561. The number of carbonyl (C=O) groups excluding carboxylic acids is 2. The van der Waals surface area contributed by atoms with Crippen LogP contribution in [0.1, 0.15) is 12.8 Å². The Hall–Kier alpha value is -2.40. The van der Waals surface area contributed by atoms with Gasteiger partial charge in [-0.15, -0.1) is 13.2 Å². The predicted molar refractivity (Wildman–Crippen MR) is 89.0 cm³/mol. The molecular weight excluding hydrogens is 373 g/mol. The molecule has 2 heterocycles. The van der Waals surface area contributed by atoms with E-state index >= 15 is 0 Å². The van der Waals surface area contributed by atoms with Crippen molar-refractivity contribution >= 4 is 38.5 Å². The molecule has 1 atom stereocenters. The lowest BCUT2D eigenvalue weighted by Gasteiger charge is -2.10. The molecule has 0 spiro atoms. The maximum absolute atomic E-state index is 12.3. The van der Waals surface area contributed by atoms with Crippen LogP contribution in [0.3, 0.4) is 0 Å². The van der Waals surface area contributed by atoms with Gasteiger partial charge in [-0.05, 0) is 31.5 Å². The largest absolute Gasteiger partial charge is 0.573 e. The molecule has 3 N–H and O–H groups in total. The van der Waals surface area contributed by atoms with Crippen LogP contribution in [0, 0.1) is 0 Å². The van der Waals surface area contributed by atoms with E-state index in [1.54, 1.807) is 0 Å². The van der Waals surface area contributed by atoms with Crippen molar-refractivity contribution in [3.63, 3.8) is 0 Å². The highest BCUT2D eigenvalue weighted by molar-refractivity contribution is 7.22. The summed E-state index contributed by atoms with van der Waals surface area (Å²) >= 11 is 1.01. The summed E-state index contributed by atoms with van der Waals surface area (Å²) in [5.41, 5.74) is 0.430. The monoisotopic (exact) mass is 388 g/mol. The Balaban J connectivity index is 1.57. The van der Waals surface area contributed by atoms with E-state index in [4.69, 9.17) is 0 Å². The molecule has 1 aliphatic rings. The van der Waals surface area contributed by atoms with Crippen LogP contribution in [0.5, 0.6) is 5.75 Å². The molecule has 2 aromatic rings. The molecule has 1 unspecified atom stereocenters. The molecule has 0 saturated carbocycles. The summed E-state index contributed by atoms with van der Waals surface area (Å²) in [5, 5.41) is 8.29. The van der Waals surface area contributed by atoms with Crippen molar-refractivity contribution in [2.75, 3.05) is 18.4 Å². The van der Waals surface area contributed by atoms with E-state index in [-0.39, 0.29) is 29.4 Å². The molecule has 3 rings (SSSR count). The predicted octanol–water partition coefficient (Wildman–Crippen LogP) is 2.00.